The van der Waals surface area contributed by atoms with Crippen molar-refractivity contribution in [2.75, 3.05) is 0 Å². The van der Waals surface area contributed by atoms with E-state index in [-0.39, 0.29) is 11.6 Å². The molecular formula is C30H29F2N. The fraction of sp³-hybridized carbons (Fsp3) is 0.233. The Balaban J connectivity index is 1.38. The molecule has 1 heterocycles. The summed E-state index contributed by atoms with van der Waals surface area (Å²) >= 11 is 0. The molecule has 0 aliphatic carbocycles. The third-order valence-corrected chi connectivity index (χ3v) is 6.09. The molecule has 0 atom stereocenters. The van der Waals surface area contributed by atoms with E-state index in [1.165, 1.54) is 23.3 Å². The number of nitrogens with zero attached hydrogens (tertiary/aromatic N) is 1. The maximum absolute atomic E-state index is 15.1. The second-order valence-corrected chi connectivity index (χ2v) is 8.49. The maximum atomic E-state index is 15.1. The smallest absolute Gasteiger partial charge is 0.134 e. The van der Waals surface area contributed by atoms with Crippen molar-refractivity contribution in [3.63, 3.8) is 0 Å². The summed E-state index contributed by atoms with van der Waals surface area (Å²) in [7, 11) is 0. The zero-order valence-electron chi connectivity index (χ0n) is 19.0. The molecule has 0 saturated heterocycles. The number of aryl methyl sites for hydroxylation is 5. The molecule has 0 saturated carbocycles. The van der Waals surface area contributed by atoms with E-state index in [1.54, 1.807) is 12.1 Å². The second kappa shape index (κ2) is 11.0. The number of rotatable bonds is 9. The van der Waals surface area contributed by atoms with Gasteiger partial charge in [-0.05, 0) is 91.3 Å². The quantitative estimate of drug-likeness (QED) is 0.244. The largest absolute Gasteiger partial charge is 0.261 e. The molecule has 3 aromatic carbocycles. The molecule has 33 heavy (non-hydrogen) atoms. The van der Waals surface area contributed by atoms with Crippen molar-refractivity contribution < 1.29 is 8.78 Å². The van der Waals surface area contributed by atoms with E-state index in [1.807, 2.05) is 37.4 Å². The number of allylic oxidation sites excluding steroid dienone is 2. The molecule has 0 aliphatic rings. The topological polar surface area (TPSA) is 12.9 Å². The van der Waals surface area contributed by atoms with Crippen molar-refractivity contribution in [1.29, 1.82) is 0 Å². The van der Waals surface area contributed by atoms with Gasteiger partial charge in [0.2, 0.25) is 0 Å². The summed E-state index contributed by atoms with van der Waals surface area (Å²) in [5.74, 6) is -0.407. The first kappa shape index (κ1) is 22.8. The zero-order valence-corrected chi connectivity index (χ0v) is 19.0. The monoisotopic (exact) mass is 441 g/mol. The molecule has 3 heteroatoms. The minimum atomic E-state index is -0.251. The van der Waals surface area contributed by atoms with E-state index < -0.39 is 0 Å². The summed E-state index contributed by atoms with van der Waals surface area (Å²) in [6.07, 6.45) is 11.3. The lowest BCUT2D eigenvalue weighted by molar-refractivity contribution is 0.619. The molecule has 168 valence electrons. The van der Waals surface area contributed by atoms with E-state index in [4.69, 9.17) is 0 Å². The van der Waals surface area contributed by atoms with Crippen molar-refractivity contribution in [3.05, 3.63) is 125 Å². The summed E-state index contributed by atoms with van der Waals surface area (Å²) in [4.78, 5) is 4.61. The Morgan fingerprint density at radius 2 is 1.48 bits per heavy atom. The molecule has 0 radical (unpaired) electrons. The third kappa shape index (κ3) is 6.13. The van der Waals surface area contributed by atoms with Gasteiger partial charge in [-0.1, -0.05) is 60.7 Å². The molecule has 1 nitrogen and oxygen atoms in total. The Kier molecular flexibility index (Phi) is 7.62. The second-order valence-electron chi connectivity index (χ2n) is 8.49. The highest BCUT2D eigenvalue weighted by Crippen LogP contribution is 2.24. The summed E-state index contributed by atoms with van der Waals surface area (Å²) in [6.45, 7) is 2.04. The van der Waals surface area contributed by atoms with Gasteiger partial charge in [-0.15, -0.1) is 0 Å². The van der Waals surface area contributed by atoms with Crippen molar-refractivity contribution in [2.24, 2.45) is 0 Å². The van der Waals surface area contributed by atoms with Crippen LogP contribution in [0.3, 0.4) is 0 Å². The van der Waals surface area contributed by atoms with Gasteiger partial charge in [0.1, 0.15) is 11.6 Å². The van der Waals surface area contributed by atoms with Crippen LogP contribution in [0.1, 0.15) is 41.3 Å². The maximum Gasteiger partial charge on any atom is 0.134 e. The highest BCUT2D eigenvalue weighted by atomic mass is 19.1. The van der Waals surface area contributed by atoms with Crippen molar-refractivity contribution in [1.82, 2.24) is 4.98 Å². The molecule has 0 unspecified atom stereocenters. The van der Waals surface area contributed by atoms with Gasteiger partial charge in [-0.3, -0.25) is 4.98 Å². The summed E-state index contributed by atoms with van der Waals surface area (Å²) in [6, 6.07) is 20.5. The van der Waals surface area contributed by atoms with Crippen molar-refractivity contribution >= 4 is 10.8 Å². The standard InChI is InChI=1S/C30H29F2N/c1-2-3-4-5-24-10-18-28(33-21-24)17-9-23-11-19-29-26(20-23)14-13-25(30(29)32)12-6-22-7-15-27(31)16-8-22/h2-3,7-8,10-11,13-16,18-21H,4-6,9,12,17H2,1H3/b3-2+. The van der Waals surface area contributed by atoms with Gasteiger partial charge in [-0.25, -0.2) is 8.78 Å². The Labute approximate surface area is 194 Å². The van der Waals surface area contributed by atoms with Crippen LogP contribution in [-0.2, 0) is 32.1 Å². The van der Waals surface area contributed by atoms with Gasteiger partial charge in [0.05, 0.1) is 0 Å². The SMILES string of the molecule is C/C=C/CCc1ccc(CCc2ccc3c(F)c(CCc4ccc(F)cc4)ccc3c2)nc1. The Bertz CT molecular complexity index is 1220. The Morgan fingerprint density at radius 3 is 2.24 bits per heavy atom. The average Bonchev–Trinajstić information content (AvgIpc) is 2.84. The van der Waals surface area contributed by atoms with Crippen LogP contribution in [0.2, 0.25) is 0 Å². The van der Waals surface area contributed by atoms with E-state index in [0.717, 1.165) is 42.3 Å². The third-order valence-electron chi connectivity index (χ3n) is 6.09. The molecule has 0 aliphatic heterocycles. The summed E-state index contributed by atoms with van der Waals surface area (Å²) < 4.78 is 28.2. The fourth-order valence-corrected chi connectivity index (χ4v) is 4.11. The number of aromatic nitrogens is 1. The number of hydrogen-bond acceptors (Lipinski definition) is 1. The number of hydrogen-bond donors (Lipinski definition) is 0. The van der Waals surface area contributed by atoms with Crippen molar-refractivity contribution in [3.8, 4) is 0 Å². The Morgan fingerprint density at radius 1 is 0.727 bits per heavy atom. The molecule has 0 spiro atoms. The molecular weight excluding hydrogens is 412 g/mol. The van der Waals surface area contributed by atoms with Crippen LogP contribution in [0.15, 0.2) is 85.1 Å². The molecule has 4 aromatic rings. The first-order valence-electron chi connectivity index (χ1n) is 11.6. The van der Waals surface area contributed by atoms with Crippen molar-refractivity contribution in [2.45, 2.75) is 45.4 Å². The van der Waals surface area contributed by atoms with Gasteiger partial charge < -0.3 is 0 Å². The molecule has 0 amide bonds. The van der Waals surface area contributed by atoms with E-state index in [9.17, 15) is 4.39 Å². The predicted octanol–water partition coefficient (Wildman–Crippen LogP) is 7.59. The summed E-state index contributed by atoms with van der Waals surface area (Å²) in [5, 5.41) is 1.57. The predicted molar refractivity (Wildman–Crippen MR) is 132 cm³/mol. The average molecular weight is 442 g/mol. The normalized spacial score (nSPS) is 11.5. The highest BCUT2D eigenvalue weighted by molar-refractivity contribution is 5.84. The van der Waals surface area contributed by atoms with Crippen LogP contribution in [0.5, 0.6) is 0 Å². The molecule has 0 fully saturated rings. The first-order valence-corrected chi connectivity index (χ1v) is 11.6. The number of pyridine rings is 1. The van der Waals surface area contributed by atoms with Gasteiger partial charge >= 0.3 is 0 Å². The molecule has 1 aromatic heterocycles. The van der Waals surface area contributed by atoms with Gasteiger partial charge in [0.15, 0.2) is 0 Å². The van der Waals surface area contributed by atoms with Crippen LogP contribution in [-0.4, -0.2) is 4.98 Å². The minimum absolute atomic E-state index is 0.156. The van der Waals surface area contributed by atoms with Gasteiger partial charge in [0, 0.05) is 17.3 Å². The lowest BCUT2D eigenvalue weighted by atomic mass is 9.98. The molecule has 0 N–H and O–H groups in total. The Hall–Kier alpha value is -3.33. The first-order chi connectivity index (χ1) is 16.1. The number of fused-ring (bicyclic) bond motifs is 1. The minimum Gasteiger partial charge on any atom is -0.261 e. The van der Waals surface area contributed by atoms with Crippen LogP contribution in [0.25, 0.3) is 10.8 Å². The molecule has 0 bridgehead atoms. The molecule has 4 rings (SSSR count). The van der Waals surface area contributed by atoms with Crippen LogP contribution >= 0.6 is 0 Å². The zero-order chi connectivity index (χ0) is 23.0. The lowest BCUT2D eigenvalue weighted by Gasteiger charge is -2.09. The lowest BCUT2D eigenvalue weighted by Crippen LogP contribution is -1.98. The van der Waals surface area contributed by atoms with Crippen LogP contribution in [0.4, 0.5) is 8.78 Å². The highest BCUT2D eigenvalue weighted by Gasteiger charge is 2.09. The van der Waals surface area contributed by atoms with E-state index in [2.05, 4.69) is 35.3 Å². The van der Waals surface area contributed by atoms with E-state index in [0.29, 0.717) is 23.8 Å². The summed E-state index contributed by atoms with van der Waals surface area (Å²) in [5.41, 5.74) is 5.21. The number of benzene rings is 3. The van der Waals surface area contributed by atoms with Crippen LogP contribution < -0.4 is 0 Å². The fourth-order valence-electron chi connectivity index (χ4n) is 4.11. The van der Waals surface area contributed by atoms with E-state index >= 15 is 4.39 Å². The van der Waals surface area contributed by atoms with Crippen LogP contribution in [0, 0.1) is 11.6 Å². The van der Waals surface area contributed by atoms with Gasteiger partial charge in [-0.2, -0.15) is 0 Å². The number of halogens is 2. The van der Waals surface area contributed by atoms with Gasteiger partial charge in [0.25, 0.3) is 0 Å².